The van der Waals surface area contributed by atoms with Crippen LogP contribution in [0.1, 0.15) is 24.4 Å². The average molecular weight is 345 g/mol. The van der Waals surface area contributed by atoms with Crippen LogP contribution in [0.15, 0.2) is 55.1 Å². The van der Waals surface area contributed by atoms with Crippen LogP contribution < -0.4 is 0 Å². The Balaban J connectivity index is 1.86. The summed E-state index contributed by atoms with van der Waals surface area (Å²) in [5, 5.41) is 12.6. The number of rotatable bonds is 5. The van der Waals surface area contributed by atoms with Gasteiger partial charge in [0, 0.05) is 29.9 Å². The van der Waals surface area contributed by atoms with Gasteiger partial charge in [-0.2, -0.15) is 0 Å². The molecule has 0 saturated heterocycles. The maximum Gasteiger partial charge on any atom is 0.101 e. The van der Waals surface area contributed by atoms with Gasteiger partial charge in [-0.25, -0.2) is 4.98 Å². The Hall–Kier alpha value is -1.62. The van der Waals surface area contributed by atoms with Gasteiger partial charge in [0.05, 0.1) is 19.0 Å². The topological polar surface area (TPSA) is 47.3 Å². The minimum atomic E-state index is -0.951. The first-order chi connectivity index (χ1) is 11.6. The molecule has 0 amide bonds. The minimum absolute atomic E-state index is 0.260. The summed E-state index contributed by atoms with van der Waals surface area (Å²) in [6.45, 7) is 0.502. The van der Waals surface area contributed by atoms with Gasteiger partial charge in [-0.3, -0.25) is 0 Å². The molecule has 4 unspecified atom stereocenters. The van der Waals surface area contributed by atoms with Crippen LogP contribution in [-0.4, -0.2) is 34.0 Å². The van der Waals surface area contributed by atoms with E-state index in [1.54, 1.807) is 19.6 Å². The molecule has 1 heterocycles. The van der Waals surface area contributed by atoms with Crippen molar-refractivity contribution in [2.45, 2.75) is 24.5 Å². The van der Waals surface area contributed by atoms with Crippen molar-refractivity contribution in [3.05, 3.63) is 65.7 Å². The first-order valence-electron chi connectivity index (χ1n) is 8.22. The summed E-state index contributed by atoms with van der Waals surface area (Å²) in [6, 6.07) is 7.47. The zero-order valence-corrected chi connectivity index (χ0v) is 14.4. The van der Waals surface area contributed by atoms with Crippen LogP contribution in [0.2, 0.25) is 5.02 Å². The number of nitrogens with zero attached hydrogens (tertiary/aromatic N) is 2. The number of hydrogen-bond donors (Lipinski definition) is 1. The van der Waals surface area contributed by atoms with Crippen LogP contribution >= 0.6 is 11.6 Å². The van der Waals surface area contributed by atoms with E-state index in [0.717, 1.165) is 12.0 Å². The molecule has 4 nitrogen and oxygen atoms in total. The third-order valence-electron chi connectivity index (χ3n) is 5.59. The predicted molar refractivity (Wildman–Crippen MR) is 92.9 cm³/mol. The Morgan fingerprint density at radius 3 is 3.00 bits per heavy atom. The molecule has 24 heavy (non-hydrogen) atoms. The van der Waals surface area contributed by atoms with Crippen molar-refractivity contribution in [2.75, 3.05) is 13.7 Å². The van der Waals surface area contributed by atoms with Crippen LogP contribution in [0.4, 0.5) is 0 Å². The highest BCUT2D eigenvalue weighted by Gasteiger charge is 2.62. The highest BCUT2D eigenvalue weighted by Crippen LogP contribution is 2.60. The number of benzene rings is 1. The Morgan fingerprint density at radius 1 is 1.46 bits per heavy atom. The molecule has 1 aromatic carbocycles. The molecular weight excluding hydrogens is 324 g/mol. The van der Waals surface area contributed by atoms with E-state index in [2.05, 4.69) is 17.1 Å². The lowest BCUT2D eigenvalue weighted by molar-refractivity contribution is -0.0952. The van der Waals surface area contributed by atoms with E-state index in [1.165, 1.54) is 0 Å². The molecule has 0 radical (unpaired) electrons. The SMILES string of the molecule is COCC12C=CC(C1)CC2(O)C(c1cccc(Cl)c1)n1ccnc1. The normalized spacial score (nSPS) is 32.4. The van der Waals surface area contributed by atoms with E-state index in [0.29, 0.717) is 24.0 Å². The smallest absolute Gasteiger partial charge is 0.101 e. The van der Waals surface area contributed by atoms with Crippen molar-refractivity contribution >= 4 is 11.6 Å². The Kier molecular flexibility index (Phi) is 3.79. The molecule has 2 aromatic rings. The quantitative estimate of drug-likeness (QED) is 0.845. The number of methoxy groups -OCH3 is 1. The Bertz CT molecular complexity index is 760. The van der Waals surface area contributed by atoms with Crippen LogP contribution in [-0.2, 0) is 4.74 Å². The number of imidazole rings is 1. The summed E-state index contributed by atoms with van der Waals surface area (Å²) < 4.78 is 7.49. The second-order valence-corrected chi connectivity index (χ2v) is 7.44. The highest BCUT2D eigenvalue weighted by atomic mass is 35.5. The first-order valence-corrected chi connectivity index (χ1v) is 8.59. The van der Waals surface area contributed by atoms with Crippen molar-refractivity contribution in [2.24, 2.45) is 11.3 Å². The van der Waals surface area contributed by atoms with Gasteiger partial charge in [-0.15, -0.1) is 0 Å². The van der Waals surface area contributed by atoms with Crippen LogP contribution in [0.3, 0.4) is 0 Å². The number of fused-ring (bicyclic) bond motifs is 2. The van der Waals surface area contributed by atoms with Crippen molar-refractivity contribution < 1.29 is 9.84 Å². The second kappa shape index (κ2) is 5.73. The zero-order valence-electron chi connectivity index (χ0n) is 13.6. The Labute approximate surface area is 146 Å². The minimum Gasteiger partial charge on any atom is -0.386 e. The van der Waals surface area contributed by atoms with Gasteiger partial charge in [0.1, 0.15) is 5.60 Å². The van der Waals surface area contributed by atoms with Gasteiger partial charge in [0.25, 0.3) is 0 Å². The molecule has 126 valence electrons. The van der Waals surface area contributed by atoms with Gasteiger partial charge >= 0.3 is 0 Å². The van der Waals surface area contributed by atoms with Gasteiger partial charge in [-0.05, 0) is 36.5 Å². The maximum absolute atomic E-state index is 11.9. The molecule has 0 spiro atoms. The van der Waals surface area contributed by atoms with Crippen molar-refractivity contribution in [3.8, 4) is 0 Å². The summed E-state index contributed by atoms with van der Waals surface area (Å²) in [4.78, 5) is 4.19. The number of halogens is 1. The molecule has 1 fully saturated rings. The van der Waals surface area contributed by atoms with E-state index < -0.39 is 5.60 Å². The first kappa shape index (κ1) is 15.9. The second-order valence-electron chi connectivity index (χ2n) is 7.01. The third-order valence-corrected chi connectivity index (χ3v) is 5.83. The molecule has 5 heteroatoms. The van der Waals surface area contributed by atoms with Crippen LogP contribution in [0.25, 0.3) is 0 Å². The number of aliphatic hydroxyl groups is 1. The molecule has 2 aliphatic carbocycles. The van der Waals surface area contributed by atoms with E-state index in [9.17, 15) is 5.11 Å². The summed E-state index contributed by atoms with van der Waals surface area (Å²) in [5.41, 5.74) is -0.350. The lowest BCUT2D eigenvalue weighted by Gasteiger charge is -2.46. The van der Waals surface area contributed by atoms with Gasteiger partial charge in [-0.1, -0.05) is 35.9 Å². The number of hydrogen-bond acceptors (Lipinski definition) is 3. The molecule has 2 aliphatic rings. The van der Waals surface area contributed by atoms with E-state index in [4.69, 9.17) is 16.3 Å². The standard InChI is InChI=1S/C19H21ClN2O2/c1-24-12-18-6-5-14(10-18)11-19(18,23)17(22-8-7-21-13-22)15-3-2-4-16(20)9-15/h2-9,13-14,17,23H,10-12H2,1H3. The van der Waals surface area contributed by atoms with E-state index >= 15 is 0 Å². The fourth-order valence-corrected chi connectivity index (χ4v) is 4.85. The Morgan fingerprint density at radius 2 is 2.33 bits per heavy atom. The van der Waals surface area contributed by atoms with Crippen molar-refractivity contribution in [1.29, 1.82) is 0 Å². The van der Waals surface area contributed by atoms with Gasteiger partial charge in [0.2, 0.25) is 0 Å². The van der Waals surface area contributed by atoms with E-state index in [-0.39, 0.29) is 11.5 Å². The van der Waals surface area contributed by atoms with E-state index in [1.807, 2.05) is 35.0 Å². The fourth-order valence-electron chi connectivity index (χ4n) is 4.66. The van der Waals surface area contributed by atoms with Crippen LogP contribution in [0.5, 0.6) is 0 Å². The predicted octanol–water partition coefficient (Wildman–Crippen LogP) is 3.47. The molecule has 4 rings (SSSR count). The zero-order chi connectivity index (χ0) is 16.8. The van der Waals surface area contributed by atoms with Crippen molar-refractivity contribution in [1.82, 2.24) is 9.55 Å². The highest BCUT2D eigenvalue weighted by molar-refractivity contribution is 6.30. The maximum atomic E-state index is 11.9. The molecule has 0 aliphatic heterocycles. The van der Waals surface area contributed by atoms with Gasteiger partial charge in [0.15, 0.2) is 0 Å². The lowest BCUT2D eigenvalue weighted by Crippen LogP contribution is -2.52. The molecule has 4 atom stereocenters. The summed E-state index contributed by atoms with van der Waals surface area (Å²) >= 11 is 6.23. The molecular formula is C19H21ClN2O2. The average Bonchev–Trinajstić information content (AvgIpc) is 3.24. The molecule has 2 bridgehead atoms. The molecule has 1 aromatic heterocycles. The number of ether oxygens (including phenoxy) is 1. The van der Waals surface area contributed by atoms with Gasteiger partial charge < -0.3 is 14.4 Å². The van der Waals surface area contributed by atoms with Crippen molar-refractivity contribution in [3.63, 3.8) is 0 Å². The van der Waals surface area contributed by atoms with Crippen LogP contribution in [0, 0.1) is 11.3 Å². The number of allylic oxidation sites excluding steroid dienone is 1. The monoisotopic (exact) mass is 344 g/mol. The lowest BCUT2D eigenvalue weighted by atomic mass is 9.68. The largest absolute Gasteiger partial charge is 0.386 e. The third kappa shape index (κ3) is 2.25. The summed E-state index contributed by atoms with van der Waals surface area (Å²) in [7, 11) is 1.69. The fraction of sp³-hybridized carbons (Fsp3) is 0.421. The number of aromatic nitrogens is 2. The molecule has 1 N–H and O–H groups in total. The molecule has 1 saturated carbocycles. The summed E-state index contributed by atoms with van der Waals surface area (Å²) in [5.74, 6) is 0.385. The summed E-state index contributed by atoms with van der Waals surface area (Å²) in [6.07, 6.45) is 11.4.